The van der Waals surface area contributed by atoms with Gasteiger partial charge >= 0.3 is 0 Å². The zero-order valence-corrected chi connectivity index (χ0v) is 17.2. The summed E-state index contributed by atoms with van der Waals surface area (Å²) in [4.78, 5) is 0.176. The molecule has 0 fully saturated rings. The van der Waals surface area contributed by atoms with Crippen LogP contribution < -0.4 is 15.4 Å². The average Bonchev–Trinajstić information content (AvgIpc) is 2.65. The fraction of sp³-hybridized carbons (Fsp3) is 0.0952. The second-order valence-corrected chi connectivity index (χ2v) is 8.48. The second-order valence-electron chi connectivity index (χ2n) is 6.39. The third-order valence-electron chi connectivity index (χ3n) is 4.08. The van der Waals surface area contributed by atoms with Crippen molar-refractivity contribution in [3.8, 4) is 0 Å². The van der Waals surface area contributed by atoms with E-state index in [-0.39, 0.29) is 4.90 Å². The second kappa shape index (κ2) is 8.41. The Balaban J connectivity index is 1.66. The lowest BCUT2D eigenvalue weighted by molar-refractivity contribution is 0.601. The predicted molar refractivity (Wildman–Crippen MR) is 119 cm³/mol. The van der Waals surface area contributed by atoms with E-state index in [0.29, 0.717) is 16.5 Å². The average molecular weight is 412 g/mol. The third-order valence-corrected chi connectivity index (χ3v) is 5.68. The number of anilines is 3. The van der Waals surface area contributed by atoms with E-state index in [2.05, 4.69) is 21.4 Å². The Bertz CT molecular complexity index is 1080. The molecule has 0 unspecified atom stereocenters. The van der Waals surface area contributed by atoms with Gasteiger partial charge in [0.05, 0.1) is 4.90 Å². The van der Waals surface area contributed by atoms with Crippen LogP contribution in [-0.2, 0) is 10.0 Å². The van der Waals surface area contributed by atoms with Gasteiger partial charge < -0.3 is 10.6 Å². The number of thiocarbonyl (C=S) groups is 1. The number of aryl methyl sites for hydroxylation is 2. The summed E-state index contributed by atoms with van der Waals surface area (Å²) in [7, 11) is -3.64. The molecule has 0 spiro atoms. The van der Waals surface area contributed by atoms with E-state index in [1.54, 1.807) is 36.4 Å². The number of rotatable bonds is 5. The van der Waals surface area contributed by atoms with E-state index < -0.39 is 10.0 Å². The molecule has 3 N–H and O–H groups in total. The highest BCUT2D eigenvalue weighted by Crippen LogP contribution is 2.19. The van der Waals surface area contributed by atoms with Gasteiger partial charge in [0, 0.05) is 17.1 Å². The lowest BCUT2D eigenvalue weighted by Gasteiger charge is -2.13. The molecule has 3 rings (SSSR count). The maximum absolute atomic E-state index is 12.5. The molecule has 0 aliphatic rings. The van der Waals surface area contributed by atoms with E-state index in [0.717, 1.165) is 11.3 Å². The standard InChI is InChI=1S/C21H21N3O2S2/c1-15-8-13-20(16(2)14-15)23-21(27)22-17-9-11-19(12-10-17)28(25,26)24-18-6-4-3-5-7-18/h3-14,24H,1-2H3,(H2,22,23,27). The van der Waals surface area contributed by atoms with Crippen LogP contribution in [0.25, 0.3) is 0 Å². The normalized spacial score (nSPS) is 10.9. The molecular formula is C21H21N3O2S2. The van der Waals surface area contributed by atoms with Crippen molar-refractivity contribution in [3.05, 3.63) is 83.9 Å². The van der Waals surface area contributed by atoms with Crippen LogP contribution in [0.1, 0.15) is 11.1 Å². The van der Waals surface area contributed by atoms with Crippen molar-refractivity contribution in [3.63, 3.8) is 0 Å². The van der Waals surface area contributed by atoms with Gasteiger partial charge in [-0.15, -0.1) is 0 Å². The molecule has 0 heterocycles. The summed E-state index contributed by atoms with van der Waals surface area (Å²) in [6.07, 6.45) is 0. The van der Waals surface area contributed by atoms with Gasteiger partial charge in [-0.25, -0.2) is 8.42 Å². The minimum absolute atomic E-state index is 0.176. The topological polar surface area (TPSA) is 70.2 Å². The smallest absolute Gasteiger partial charge is 0.261 e. The van der Waals surface area contributed by atoms with Crippen molar-refractivity contribution >= 4 is 44.4 Å². The molecule has 28 heavy (non-hydrogen) atoms. The predicted octanol–water partition coefficient (Wildman–Crippen LogP) is 4.91. The lowest BCUT2D eigenvalue weighted by atomic mass is 10.1. The van der Waals surface area contributed by atoms with Crippen molar-refractivity contribution in [2.45, 2.75) is 18.7 Å². The summed E-state index contributed by atoms with van der Waals surface area (Å²) in [5.74, 6) is 0. The van der Waals surface area contributed by atoms with Gasteiger partial charge in [0.15, 0.2) is 5.11 Å². The van der Waals surface area contributed by atoms with E-state index in [4.69, 9.17) is 12.2 Å². The zero-order valence-electron chi connectivity index (χ0n) is 15.6. The van der Waals surface area contributed by atoms with Crippen molar-refractivity contribution in [1.29, 1.82) is 0 Å². The number of hydrogen-bond acceptors (Lipinski definition) is 3. The Labute approximate surface area is 170 Å². The maximum Gasteiger partial charge on any atom is 0.261 e. The summed E-state index contributed by atoms with van der Waals surface area (Å²) in [5.41, 5.74) is 4.42. The van der Waals surface area contributed by atoms with Crippen molar-refractivity contribution in [2.75, 3.05) is 15.4 Å². The van der Waals surface area contributed by atoms with Crippen molar-refractivity contribution in [2.24, 2.45) is 0 Å². The molecule has 0 radical (unpaired) electrons. The highest BCUT2D eigenvalue weighted by atomic mass is 32.2. The number of benzene rings is 3. The Kier molecular flexibility index (Phi) is 5.96. The van der Waals surface area contributed by atoms with E-state index >= 15 is 0 Å². The van der Waals surface area contributed by atoms with Gasteiger partial charge in [0.1, 0.15) is 0 Å². The van der Waals surface area contributed by atoms with E-state index in [1.165, 1.54) is 17.7 Å². The van der Waals surface area contributed by atoms with Gasteiger partial charge in [-0.2, -0.15) is 0 Å². The molecule has 0 saturated carbocycles. The molecule has 0 atom stereocenters. The summed E-state index contributed by atoms with van der Waals surface area (Å²) in [6.45, 7) is 4.05. The highest BCUT2D eigenvalue weighted by Gasteiger charge is 2.14. The molecule has 0 aliphatic carbocycles. The van der Waals surface area contributed by atoms with Gasteiger partial charge in [-0.05, 0) is 74.1 Å². The molecule has 0 saturated heterocycles. The summed E-state index contributed by atoms with van der Waals surface area (Å²) < 4.78 is 27.5. The summed E-state index contributed by atoms with van der Waals surface area (Å²) in [6, 6.07) is 21.3. The first-order valence-electron chi connectivity index (χ1n) is 8.67. The molecule has 0 aliphatic heterocycles. The minimum Gasteiger partial charge on any atom is -0.332 e. The van der Waals surface area contributed by atoms with Crippen LogP contribution in [-0.4, -0.2) is 13.5 Å². The molecule has 7 heteroatoms. The molecule has 3 aromatic rings. The molecular weight excluding hydrogens is 390 g/mol. The Morgan fingerprint density at radius 1 is 0.821 bits per heavy atom. The summed E-state index contributed by atoms with van der Waals surface area (Å²) in [5, 5.41) is 6.65. The van der Waals surface area contributed by atoms with Crippen LogP contribution in [0.4, 0.5) is 17.1 Å². The largest absolute Gasteiger partial charge is 0.332 e. The first-order chi connectivity index (χ1) is 13.3. The van der Waals surface area contributed by atoms with Crippen LogP contribution in [0.3, 0.4) is 0 Å². The fourth-order valence-corrected chi connectivity index (χ4v) is 3.96. The SMILES string of the molecule is Cc1ccc(NC(=S)Nc2ccc(S(=O)(=O)Nc3ccccc3)cc2)c(C)c1. The minimum atomic E-state index is -3.64. The van der Waals surface area contributed by atoms with Gasteiger partial charge in [0.25, 0.3) is 10.0 Å². The molecule has 0 amide bonds. The Morgan fingerprint density at radius 3 is 2.14 bits per heavy atom. The molecule has 5 nitrogen and oxygen atoms in total. The first kappa shape index (κ1) is 19.9. The quantitative estimate of drug-likeness (QED) is 0.520. The number of hydrogen-bond donors (Lipinski definition) is 3. The lowest BCUT2D eigenvalue weighted by Crippen LogP contribution is -2.19. The van der Waals surface area contributed by atoms with Crippen LogP contribution in [0, 0.1) is 13.8 Å². The summed E-state index contributed by atoms with van der Waals surface area (Å²) >= 11 is 5.35. The number of para-hydroxylation sites is 1. The highest BCUT2D eigenvalue weighted by molar-refractivity contribution is 7.92. The number of sulfonamides is 1. The Hall–Kier alpha value is -2.90. The van der Waals surface area contributed by atoms with Crippen molar-refractivity contribution < 1.29 is 8.42 Å². The molecule has 0 aromatic heterocycles. The zero-order chi connectivity index (χ0) is 20.1. The maximum atomic E-state index is 12.5. The van der Waals surface area contributed by atoms with Gasteiger partial charge in [-0.3, -0.25) is 4.72 Å². The Morgan fingerprint density at radius 2 is 1.50 bits per heavy atom. The van der Waals surface area contributed by atoms with Crippen LogP contribution in [0.5, 0.6) is 0 Å². The van der Waals surface area contributed by atoms with Gasteiger partial charge in [0.2, 0.25) is 0 Å². The fourth-order valence-electron chi connectivity index (χ4n) is 2.68. The van der Waals surface area contributed by atoms with Crippen molar-refractivity contribution in [1.82, 2.24) is 0 Å². The van der Waals surface area contributed by atoms with Crippen LogP contribution in [0.2, 0.25) is 0 Å². The third kappa shape index (κ3) is 5.09. The van der Waals surface area contributed by atoms with Crippen LogP contribution in [0.15, 0.2) is 77.7 Å². The van der Waals surface area contributed by atoms with Gasteiger partial charge in [-0.1, -0.05) is 35.9 Å². The number of nitrogens with one attached hydrogen (secondary N) is 3. The molecule has 0 bridgehead atoms. The molecule has 144 valence electrons. The van der Waals surface area contributed by atoms with E-state index in [9.17, 15) is 8.42 Å². The van der Waals surface area contributed by atoms with Crippen LogP contribution >= 0.6 is 12.2 Å². The van der Waals surface area contributed by atoms with E-state index in [1.807, 2.05) is 32.0 Å². The molecule has 3 aromatic carbocycles. The monoisotopic (exact) mass is 411 g/mol. The first-order valence-corrected chi connectivity index (χ1v) is 10.6.